The maximum absolute atomic E-state index is 11.2. The lowest BCUT2D eigenvalue weighted by atomic mass is 10.0. The number of benzene rings is 2. The van der Waals surface area contributed by atoms with Gasteiger partial charge in [0.05, 0.1) is 23.0 Å². The van der Waals surface area contributed by atoms with Crippen LogP contribution in [0.1, 0.15) is 25.5 Å². The molecule has 0 unspecified atom stereocenters. The summed E-state index contributed by atoms with van der Waals surface area (Å²) in [6, 6.07) is 12.2. The van der Waals surface area contributed by atoms with E-state index in [-0.39, 0.29) is 5.69 Å². The summed E-state index contributed by atoms with van der Waals surface area (Å²) in [6.45, 7) is 2.11. The number of nitro groups is 1. The van der Waals surface area contributed by atoms with Gasteiger partial charge in [0.15, 0.2) is 0 Å². The third kappa shape index (κ3) is 2.93. The smallest absolute Gasteiger partial charge is 0.270 e. The van der Waals surface area contributed by atoms with Crippen LogP contribution in [-0.2, 0) is 6.42 Å². The Labute approximate surface area is 155 Å². The molecule has 0 aliphatic rings. The molecule has 27 heavy (non-hydrogen) atoms. The van der Waals surface area contributed by atoms with Crippen molar-refractivity contribution in [1.82, 2.24) is 0 Å². The minimum Gasteiger partial charge on any atom is -0.496 e. The van der Waals surface area contributed by atoms with E-state index in [4.69, 9.17) is 13.6 Å². The molecule has 6 nitrogen and oxygen atoms in total. The third-order valence-electron chi connectivity index (χ3n) is 4.70. The van der Waals surface area contributed by atoms with Gasteiger partial charge in [0, 0.05) is 23.9 Å². The lowest BCUT2D eigenvalue weighted by Gasteiger charge is -1.99. The molecule has 138 valence electrons. The standard InChI is InChI=1S/C21H19NO5/c1-3-4-6-19-21(15-11-13(22(23)24)9-10-18(15)26-19)20-12-14-16(25-2)7-5-8-17(14)27-20/h5,7-12H,3-4,6H2,1-2H3. The molecule has 0 aliphatic carbocycles. The molecule has 0 bridgehead atoms. The van der Waals surface area contributed by atoms with Crippen molar-refractivity contribution in [2.45, 2.75) is 26.2 Å². The van der Waals surface area contributed by atoms with Crippen LogP contribution in [0, 0.1) is 10.1 Å². The van der Waals surface area contributed by atoms with Crippen molar-refractivity contribution in [2.24, 2.45) is 0 Å². The molecule has 4 aromatic rings. The lowest BCUT2D eigenvalue weighted by Crippen LogP contribution is -1.87. The number of non-ortho nitro benzene ring substituents is 1. The van der Waals surface area contributed by atoms with Gasteiger partial charge in [-0.15, -0.1) is 0 Å². The van der Waals surface area contributed by atoms with Gasteiger partial charge in [-0.25, -0.2) is 0 Å². The van der Waals surface area contributed by atoms with Gasteiger partial charge in [-0.3, -0.25) is 10.1 Å². The fourth-order valence-corrected chi connectivity index (χ4v) is 3.37. The largest absolute Gasteiger partial charge is 0.496 e. The van der Waals surface area contributed by atoms with Crippen LogP contribution < -0.4 is 4.74 Å². The summed E-state index contributed by atoms with van der Waals surface area (Å²) in [4.78, 5) is 10.8. The zero-order chi connectivity index (χ0) is 19.0. The van der Waals surface area contributed by atoms with Crippen LogP contribution in [0.25, 0.3) is 33.3 Å². The summed E-state index contributed by atoms with van der Waals surface area (Å²) < 4.78 is 17.5. The maximum Gasteiger partial charge on any atom is 0.270 e. The van der Waals surface area contributed by atoms with E-state index >= 15 is 0 Å². The number of nitro benzene ring substituents is 1. The van der Waals surface area contributed by atoms with Crippen molar-refractivity contribution in [3.63, 3.8) is 0 Å². The number of furan rings is 2. The first-order chi connectivity index (χ1) is 13.1. The summed E-state index contributed by atoms with van der Waals surface area (Å²) in [7, 11) is 1.62. The first kappa shape index (κ1) is 17.1. The lowest BCUT2D eigenvalue weighted by molar-refractivity contribution is -0.384. The van der Waals surface area contributed by atoms with Gasteiger partial charge < -0.3 is 13.6 Å². The Kier molecular flexibility index (Phi) is 4.32. The SMILES string of the molecule is CCCCc1oc2ccc([N+](=O)[O-])cc2c1-c1cc2c(OC)cccc2o1. The minimum atomic E-state index is -0.399. The number of aryl methyl sites for hydroxylation is 1. The highest BCUT2D eigenvalue weighted by Gasteiger charge is 2.22. The molecule has 0 spiro atoms. The summed E-state index contributed by atoms with van der Waals surface area (Å²) in [5.74, 6) is 2.13. The van der Waals surface area contributed by atoms with E-state index in [0.29, 0.717) is 22.3 Å². The maximum atomic E-state index is 11.2. The van der Waals surface area contributed by atoms with E-state index in [0.717, 1.165) is 41.7 Å². The van der Waals surface area contributed by atoms with Crippen molar-refractivity contribution in [2.75, 3.05) is 7.11 Å². The number of hydrogen-bond donors (Lipinski definition) is 0. The molecule has 2 heterocycles. The summed E-state index contributed by atoms with van der Waals surface area (Å²) in [5, 5.41) is 12.8. The second-order valence-electron chi connectivity index (χ2n) is 6.42. The van der Waals surface area contributed by atoms with Crippen LogP contribution in [-0.4, -0.2) is 12.0 Å². The highest BCUT2D eigenvalue weighted by atomic mass is 16.6. The average Bonchev–Trinajstić information content (AvgIpc) is 3.25. The predicted molar refractivity (Wildman–Crippen MR) is 103 cm³/mol. The van der Waals surface area contributed by atoms with Gasteiger partial charge in [0.2, 0.25) is 0 Å². The molecular formula is C21H19NO5. The Morgan fingerprint density at radius 2 is 1.89 bits per heavy atom. The Hall–Kier alpha value is -3.28. The number of nitrogens with zero attached hydrogens (tertiary/aromatic N) is 1. The van der Waals surface area contributed by atoms with Crippen molar-refractivity contribution >= 4 is 27.6 Å². The monoisotopic (exact) mass is 365 g/mol. The molecule has 0 N–H and O–H groups in total. The molecule has 4 rings (SSSR count). The molecule has 0 aliphatic heterocycles. The second kappa shape index (κ2) is 6.79. The second-order valence-corrected chi connectivity index (χ2v) is 6.42. The van der Waals surface area contributed by atoms with Gasteiger partial charge in [0.25, 0.3) is 5.69 Å². The van der Waals surface area contributed by atoms with Gasteiger partial charge in [-0.2, -0.15) is 0 Å². The van der Waals surface area contributed by atoms with Crippen LogP contribution in [0.15, 0.2) is 51.3 Å². The van der Waals surface area contributed by atoms with Crippen molar-refractivity contribution in [1.29, 1.82) is 0 Å². The number of methoxy groups -OCH3 is 1. The van der Waals surface area contributed by atoms with Crippen LogP contribution in [0.3, 0.4) is 0 Å². The van der Waals surface area contributed by atoms with Crippen LogP contribution >= 0.6 is 0 Å². The van der Waals surface area contributed by atoms with E-state index in [1.54, 1.807) is 19.2 Å². The van der Waals surface area contributed by atoms with E-state index < -0.39 is 4.92 Å². The Bertz CT molecular complexity index is 1140. The van der Waals surface area contributed by atoms with Gasteiger partial charge >= 0.3 is 0 Å². The fraction of sp³-hybridized carbons (Fsp3) is 0.238. The first-order valence-electron chi connectivity index (χ1n) is 8.89. The fourth-order valence-electron chi connectivity index (χ4n) is 3.37. The van der Waals surface area contributed by atoms with E-state index in [9.17, 15) is 10.1 Å². The van der Waals surface area contributed by atoms with Crippen molar-refractivity contribution in [3.05, 3.63) is 58.3 Å². The van der Waals surface area contributed by atoms with Crippen LogP contribution in [0.2, 0.25) is 0 Å². The molecule has 2 aromatic carbocycles. The predicted octanol–water partition coefficient (Wildman–Crippen LogP) is 6.11. The average molecular weight is 365 g/mol. The highest BCUT2D eigenvalue weighted by Crippen LogP contribution is 2.41. The molecule has 0 saturated heterocycles. The Morgan fingerprint density at radius 3 is 2.63 bits per heavy atom. The van der Waals surface area contributed by atoms with Gasteiger partial charge in [-0.05, 0) is 30.7 Å². The molecule has 0 radical (unpaired) electrons. The Morgan fingerprint density at radius 1 is 1.07 bits per heavy atom. The summed E-state index contributed by atoms with van der Waals surface area (Å²) in [5.41, 5.74) is 2.13. The number of ether oxygens (including phenoxy) is 1. The van der Waals surface area contributed by atoms with E-state index in [1.807, 2.05) is 24.3 Å². The van der Waals surface area contributed by atoms with Crippen LogP contribution in [0.5, 0.6) is 5.75 Å². The molecule has 0 atom stereocenters. The number of rotatable bonds is 6. The summed E-state index contributed by atoms with van der Waals surface area (Å²) >= 11 is 0. The van der Waals surface area contributed by atoms with Crippen LogP contribution in [0.4, 0.5) is 5.69 Å². The van der Waals surface area contributed by atoms with Gasteiger partial charge in [0.1, 0.15) is 28.4 Å². The zero-order valence-electron chi connectivity index (χ0n) is 15.2. The van der Waals surface area contributed by atoms with Gasteiger partial charge in [-0.1, -0.05) is 19.4 Å². The Balaban J connectivity index is 1.97. The van der Waals surface area contributed by atoms with E-state index in [2.05, 4.69) is 6.92 Å². The zero-order valence-corrected chi connectivity index (χ0v) is 15.2. The highest BCUT2D eigenvalue weighted by molar-refractivity contribution is 5.98. The van der Waals surface area contributed by atoms with Crippen molar-refractivity contribution in [3.8, 4) is 17.1 Å². The normalized spacial score (nSPS) is 11.3. The quantitative estimate of drug-likeness (QED) is 0.304. The number of unbranched alkanes of at least 4 members (excludes halogenated alkanes) is 1. The topological polar surface area (TPSA) is 78.7 Å². The summed E-state index contributed by atoms with van der Waals surface area (Å²) in [6.07, 6.45) is 2.71. The molecule has 2 aromatic heterocycles. The molecule has 0 amide bonds. The van der Waals surface area contributed by atoms with E-state index in [1.165, 1.54) is 6.07 Å². The molecule has 0 saturated carbocycles. The number of fused-ring (bicyclic) bond motifs is 2. The van der Waals surface area contributed by atoms with Crippen molar-refractivity contribution < 1.29 is 18.5 Å². The third-order valence-corrected chi connectivity index (χ3v) is 4.70. The number of hydrogen-bond acceptors (Lipinski definition) is 5. The first-order valence-corrected chi connectivity index (χ1v) is 8.89. The molecule has 6 heteroatoms. The molecule has 0 fully saturated rings. The molecular weight excluding hydrogens is 346 g/mol. The minimum absolute atomic E-state index is 0.0280.